The summed E-state index contributed by atoms with van der Waals surface area (Å²) in [6.45, 7) is 4.14. The number of rotatable bonds is 2. The highest BCUT2D eigenvalue weighted by atomic mass is 16.5. The summed E-state index contributed by atoms with van der Waals surface area (Å²) < 4.78 is 5.31. The fourth-order valence-electron chi connectivity index (χ4n) is 3.29. The Kier molecular flexibility index (Phi) is 3.06. The first kappa shape index (κ1) is 13.2. The van der Waals surface area contributed by atoms with Gasteiger partial charge >= 0.3 is 0 Å². The Morgan fingerprint density at radius 3 is 2.55 bits per heavy atom. The molecule has 0 fully saturated rings. The van der Waals surface area contributed by atoms with Crippen molar-refractivity contribution in [2.24, 2.45) is 0 Å². The molecule has 104 valence electrons. The molecule has 2 nitrogen and oxygen atoms in total. The first-order valence-electron chi connectivity index (χ1n) is 7.02. The van der Waals surface area contributed by atoms with Crippen LogP contribution in [-0.4, -0.2) is 12.2 Å². The molecule has 0 saturated heterocycles. The Balaban J connectivity index is 2.16. The summed E-state index contributed by atoms with van der Waals surface area (Å²) >= 11 is 0. The lowest BCUT2D eigenvalue weighted by Gasteiger charge is -2.27. The van der Waals surface area contributed by atoms with Crippen LogP contribution in [0.25, 0.3) is 0 Å². The van der Waals surface area contributed by atoms with Gasteiger partial charge in [0, 0.05) is 0 Å². The van der Waals surface area contributed by atoms with Crippen molar-refractivity contribution in [3.63, 3.8) is 0 Å². The first-order chi connectivity index (χ1) is 9.54. The van der Waals surface area contributed by atoms with Gasteiger partial charge in [0.15, 0.2) is 0 Å². The van der Waals surface area contributed by atoms with Crippen LogP contribution < -0.4 is 4.74 Å². The minimum absolute atomic E-state index is 0.736. The number of hydrogen-bond acceptors (Lipinski definition) is 2. The second kappa shape index (κ2) is 4.64. The van der Waals surface area contributed by atoms with Crippen LogP contribution in [0.4, 0.5) is 0 Å². The van der Waals surface area contributed by atoms with Crippen molar-refractivity contribution in [3.05, 3.63) is 64.2 Å². The van der Waals surface area contributed by atoms with E-state index in [4.69, 9.17) is 4.74 Å². The summed E-state index contributed by atoms with van der Waals surface area (Å²) in [4.78, 5) is 0. The number of benzene rings is 2. The molecule has 1 aliphatic carbocycles. The van der Waals surface area contributed by atoms with Crippen LogP contribution in [0.1, 0.15) is 34.2 Å². The lowest BCUT2D eigenvalue weighted by atomic mass is 9.84. The lowest BCUT2D eigenvalue weighted by Crippen LogP contribution is -2.25. The number of aryl methyl sites for hydroxylation is 3. The van der Waals surface area contributed by atoms with Crippen LogP contribution in [0, 0.1) is 13.8 Å². The zero-order chi connectivity index (χ0) is 14.3. The summed E-state index contributed by atoms with van der Waals surface area (Å²) in [5.41, 5.74) is 4.69. The molecule has 0 bridgehead atoms. The summed E-state index contributed by atoms with van der Waals surface area (Å²) in [5, 5.41) is 11.3. The van der Waals surface area contributed by atoms with Crippen molar-refractivity contribution in [2.45, 2.75) is 32.3 Å². The molecule has 2 aromatic rings. The van der Waals surface area contributed by atoms with Gasteiger partial charge < -0.3 is 9.84 Å². The highest BCUT2D eigenvalue weighted by Gasteiger charge is 2.39. The second-order valence-corrected chi connectivity index (χ2v) is 5.70. The van der Waals surface area contributed by atoms with E-state index in [2.05, 4.69) is 38.1 Å². The molecule has 0 aliphatic heterocycles. The number of methoxy groups -OCH3 is 1. The predicted molar refractivity (Wildman–Crippen MR) is 80.2 cm³/mol. The molecule has 0 saturated carbocycles. The molecule has 1 unspecified atom stereocenters. The maximum atomic E-state index is 11.3. The maximum Gasteiger partial charge on any atom is 0.119 e. The molecule has 1 aliphatic rings. The summed E-state index contributed by atoms with van der Waals surface area (Å²) in [5.74, 6) is 0.800. The topological polar surface area (TPSA) is 29.5 Å². The van der Waals surface area contributed by atoms with Crippen LogP contribution in [0.3, 0.4) is 0 Å². The minimum atomic E-state index is -0.887. The average molecular weight is 268 g/mol. The van der Waals surface area contributed by atoms with Crippen molar-refractivity contribution in [2.75, 3.05) is 7.11 Å². The van der Waals surface area contributed by atoms with Crippen molar-refractivity contribution in [3.8, 4) is 5.75 Å². The normalized spacial score (nSPS) is 20.8. The van der Waals surface area contributed by atoms with Crippen molar-refractivity contribution >= 4 is 0 Å². The molecule has 0 spiro atoms. The number of hydrogen-bond donors (Lipinski definition) is 1. The molecule has 20 heavy (non-hydrogen) atoms. The first-order valence-corrected chi connectivity index (χ1v) is 7.02. The van der Waals surface area contributed by atoms with E-state index < -0.39 is 5.60 Å². The quantitative estimate of drug-likeness (QED) is 0.903. The Labute approximate surface area is 120 Å². The highest BCUT2D eigenvalue weighted by Crippen LogP contribution is 2.44. The third kappa shape index (κ3) is 1.92. The van der Waals surface area contributed by atoms with E-state index in [0.29, 0.717) is 0 Å². The fraction of sp³-hybridized carbons (Fsp3) is 0.333. The van der Waals surface area contributed by atoms with Gasteiger partial charge in [0.05, 0.1) is 7.11 Å². The Morgan fingerprint density at radius 2 is 1.85 bits per heavy atom. The minimum Gasteiger partial charge on any atom is -0.497 e. The summed E-state index contributed by atoms with van der Waals surface area (Å²) in [6.07, 6.45) is 1.64. The molecular weight excluding hydrogens is 248 g/mol. The van der Waals surface area contributed by atoms with E-state index in [9.17, 15) is 5.11 Å². The van der Waals surface area contributed by atoms with Gasteiger partial charge in [-0.05, 0) is 61.1 Å². The van der Waals surface area contributed by atoms with Gasteiger partial charge in [0.1, 0.15) is 11.4 Å². The van der Waals surface area contributed by atoms with Gasteiger partial charge in [-0.1, -0.05) is 29.8 Å². The Morgan fingerprint density at radius 1 is 1.05 bits per heavy atom. The van der Waals surface area contributed by atoms with E-state index in [1.54, 1.807) is 7.11 Å². The zero-order valence-corrected chi connectivity index (χ0v) is 12.2. The average Bonchev–Trinajstić information content (AvgIpc) is 2.76. The second-order valence-electron chi connectivity index (χ2n) is 5.70. The number of aliphatic hydroxyl groups is 1. The molecule has 0 aromatic heterocycles. The van der Waals surface area contributed by atoms with Gasteiger partial charge in [-0.2, -0.15) is 0 Å². The van der Waals surface area contributed by atoms with Gasteiger partial charge in [-0.15, -0.1) is 0 Å². The van der Waals surface area contributed by atoms with Gasteiger partial charge in [-0.25, -0.2) is 0 Å². The molecule has 2 aromatic carbocycles. The fourth-order valence-corrected chi connectivity index (χ4v) is 3.29. The Hall–Kier alpha value is -1.80. The largest absolute Gasteiger partial charge is 0.497 e. The van der Waals surface area contributed by atoms with Crippen molar-refractivity contribution < 1.29 is 9.84 Å². The van der Waals surface area contributed by atoms with E-state index in [-0.39, 0.29) is 0 Å². The molecule has 1 atom stereocenters. The summed E-state index contributed by atoms with van der Waals surface area (Å²) in [6, 6.07) is 12.3. The van der Waals surface area contributed by atoms with E-state index in [0.717, 1.165) is 35.3 Å². The van der Waals surface area contributed by atoms with Gasteiger partial charge in [0.2, 0.25) is 0 Å². The maximum absolute atomic E-state index is 11.3. The lowest BCUT2D eigenvalue weighted by molar-refractivity contribution is 0.0820. The van der Waals surface area contributed by atoms with Crippen molar-refractivity contribution in [1.29, 1.82) is 0 Å². The standard InChI is InChI=1S/C18H20O2/c1-12-4-7-16(13(2)10-12)18(19)9-8-14-5-6-15(20-3)11-17(14)18/h4-7,10-11,19H,8-9H2,1-3H3. The van der Waals surface area contributed by atoms with E-state index >= 15 is 0 Å². The van der Waals surface area contributed by atoms with Crippen molar-refractivity contribution in [1.82, 2.24) is 0 Å². The van der Waals surface area contributed by atoms with Crippen LogP contribution in [0.15, 0.2) is 36.4 Å². The summed E-state index contributed by atoms with van der Waals surface area (Å²) in [7, 11) is 1.66. The van der Waals surface area contributed by atoms with Crippen LogP contribution in [0.5, 0.6) is 5.75 Å². The Bertz CT molecular complexity index is 660. The molecule has 3 rings (SSSR count). The predicted octanol–water partition coefficient (Wildman–Crippen LogP) is 3.49. The van der Waals surface area contributed by atoms with Crippen LogP contribution in [-0.2, 0) is 12.0 Å². The molecular formula is C18H20O2. The monoisotopic (exact) mass is 268 g/mol. The number of fused-ring (bicyclic) bond motifs is 1. The van der Waals surface area contributed by atoms with E-state index in [1.165, 1.54) is 11.1 Å². The highest BCUT2D eigenvalue weighted by molar-refractivity contribution is 5.50. The third-order valence-corrected chi connectivity index (χ3v) is 4.35. The molecule has 2 heteroatoms. The molecule has 0 radical (unpaired) electrons. The zero-order valence-electron chi connectivity index (χ0n) is 12.2. The van der Waals surface area contributed by atoms with Gasteiger partial charge in [0.25, 0.3) is 0 Å². The smallest absolute Gasteiger partial charge is 0.119 e. The van der Waals surface area contributed by atoms with Crippen LogP contribution >= 0.6 is 0 Å². The van der Waals surface area contributed by atoms with Gasteiger partial charge in [-0.3, -0.25) is 0 Å². The molecule has 1 N–H and O–H groups in total. The molecule has 0 amide bonds. The SMILES string of the molecule is COc1ccc2c(c1)C(O)(c1ccc(C)cc1C)CC2. The van der Waals surface area contributed by atoms with Crippen LogP contribution in [0.2, 0.25) is 0 Å². The molecule has 0 heterocycles. The van der Waals surface area contributed by atoms with E-state index in [1.807, 2.05) is 12.1 Å². The number of ether oxygens (including phenoxy) is 1. The third-order valence-electron chi connectivity index (χ3n) is 4.35.